The first-order chi connectivity index (χ1) is 10.9. The van der Waals surface area contributed by atoms with Crippen LogP contribution in [0.15, 0.2) is 23.0 Å². The van der Waals surface area contributed by atoms with Crippen LogP contribution in [0.2, 0.25) is 0 Å². The number of nitrogen functional groups attached to an aromatic ring is 1. The van der Waals surface area contributed by atoms with Gasteiger partial charge in [-0.05, 0) is 37.5 Å². The van der Waals surface area contributed by atoms with Gasteiger partial charge in [0.05, 0.1) is 22.5 Å². The third kappa shape index (κ3) is 2.91. The van der Waals surface area contributed by atoms with Crippen LogP contribution in [0, 0.1) is 6.92 Å². The van der Waals surface area contributed by atoms with Gasteiger partial charge in [0.1, 0.15) is 0 Å². The average molecular weight is 313 g/mol. The summed E-state index contributed by atoms with van der Waals surface area (Å²) in [7, 11) is 0. The van der Waals surface area contributed by atoms with Crippen LogP contribution in [0.3, 0.4) is 0 Å². The molecule has 23 heavy (non-hydrogen) atoms. The van der Waals surface area contributed by atoms with Crippen molar-refractivity contribution in [3.05, 3.63) is 51.1 Å². The van der Waals surface area contributed by atoms with Gasteiger partial charge >= 0.3 is 5.97 Å². The van der Waals surface area contributed by atoms with E-state index in [0.29, 0.717) is 24.1 Å². The first-order valence-electron chi connectivity index (χ1n) is 7.00. The number of aryl methyl sites for hydroxylation is 3. The molecule has 0 unspecified atom stereocenters. The Labute approximate surface area is 130 Å². The van der Waals surface area contributed by atoms with Gasteiger partial charge in [0.25, 0.3) is 5.56 Å². The van der Waals surface area contributed by atoms with Crippen molar-refractivity contribution in [2.75, 3.05) is 5.73 Å². The van der Waals surface area contributed by atoms with Gasteiger partial charge in [0, 0.05) is 11.5 Å². The van der Waals surface area contributed by atoms with Crippen molar-refractivity contribution < 1.29 is 9.90 Å². The van der Waals surface area contributed by atoms with Crippen LogP contribution in [0.25, 0.3) is 10.9 Å². The molecule has 0 bridgehead atoms. The lowest BCUT2D eigenvalue weighted by atomic mass is 10.0. The number of aromatic carboxylic acids is 1. The lowest BCUT2D eigenvalue weighted by Crippen LogP contribution is -2.12. The zero-order chi connectivity index (χ0) is 16.6. The quantitative estimate of drug-likeness (QED) is 0.567. The van der Waals surface area contributed by atoms with Crippen LogP contribution in [0.5, 0.6) is 0 Å². The summed E-state index contributed by atoms with van der Waals surface area (Å²) in [5.41, 5.74) is 8.35. The molecule has 0 aliphatic rings. The van der Waals surface area contributed by atoms with E-state index in [4.69, 9.17) is 10.8 Å². The predicted octanol–water partition coefficient (Wildman–Crippen LogP) is 1.02. The minimum atomic E-state index is -0.977. The molecule has 0 fully saturated rings. The molecule has 0 aliphatic carbocycles. The second-order valence-corrected chi connectivity index (χ2v) is 5.31. The predicted molar refractivity (Wildman–Crippen MR) is 84.5 cm³/mol. The van der Waals surface area contributed by atoms with Gasteiger partial charge in [-0.1, -0.05) is 0 Å². The Morgan fingerprint density at radius 2 is 2.09 bits per heavy atom. The molecule has 3 aromatic rings. The summed E-state index contributed by atoms with van der Waals surface area (Å²) >= 11 is 0. The van der Waals surface area contributed by atoms with E-state index in [1.54, 1.807) is 12.1 Å². The van der Waals surface area contributed by atoms with Gasteiger partial charge < -0.3 is 10.8 Å². The van der Waals surface area contributed by atoms with Crippen molar-refractivity contribution in [2.24, 2.45) is 0 Å². The van der Waals surface area contributed by atoms with Crippen molar-refractivity contribution in [3.8, 4) is 0 Å². The number of aromatic nitrogens is 4. The summed E-state index contributed by atoms with van der Waals surface area (Å²) in [6.07, 6.45) is 1.07. The van der Waals surface area contributed by atoms with Crippen LogP contribution >= 0.6 is 0 Å². The number of nitrogens with zero attached hydrogens (tertiary/aromatic N) is 2. The van der Waals surface area contributed by atoms with Crippen molar-refractivity contribution in [2.45, 2.75) is 19.8 Å². The van der Waals surface area contributed by atoms with Gasteiger partial charge in [0.15, 0.2) is 0 Å². The smallest absolute Gasteiger partial charge is 0.335 e. The van der Waals surface area contributed by atoms with Gasteiger partial charge in [-0.25, -0.2) is 9.78 Å². The molecule has 3 rings (SSSR count). The van der Waals surface area contributed by atoms with E-state index in [1.807, 2.05) is 6.92 Å². The van der Waals surface area contributed by atoms with Gasteiger partial charge in [-0.3, -0.25) is 14.9 Å². The molecule has 0 amide bonds. The van der Waals surface area contributed by atoms with E-state index in [2.05, 4.69) is 20.2 Å². The number of rotatable bonds is 4. The summed E-state index contributed by atoms with van der Waals surface area (Å²) in [5, 5.41) is 17.1. The molecule has 0 spiro atoms. The normalized spacial score (nSPS) is 11.0. The van der Waals surface area contributed by atoms with E-state index < -0.39 is 5.97 Å². The SMILES string of the molecule is Cc1cc(C(=O)O)cc2[nH]nc(CCc3cc(=O)[nH]c(N)n3)c12. The maximum atomic E-state index is 11.4. The van der Waals surface area contributed by atoms with Gasteiger partial charge in [-0.15, -0.1) is 0 Å². The molecular formula is C15H15N5O3. The number of anilines is 1. The van der Waals surface area contributed by atoms with Gasteiger partial charge in [-0.2, -0.15) is 5.10 Å². The molecule has 0 radical (unpaired) electrons. The second kappa shape index (κ2) is 5.56. The van der Waals surface area contributed by atoms with Crippen molar-refractivity contribution in [3.63, 3.8) is 0 Å². The number of carbonyl (C=O) groups is 1. The summed E-state index contributed by atoms with van der Waals surface area (Å²) in [6, 6.07) is 4.58. The number of carboxylic acids is 1. The fraction of sp³-hybridized carbons (Fsp3) is 0.200. The summed E-state index contributed by atoms with van der Waals surface area (Å²) in [6.45, 7) is 1.84. The number of fused-ring (bicyclic) bond motifs is 1. The van der Waals surface area contributed by atoms with Crippen LogP contribution in [0.4, 0.5) is 5.95 Å². The number of nitrogens with one attached hydrogen (secondary N) is 2. The molecule has 2 heterocycles. The maximum absolute atomic E-state index is 11.4. The van der Waals surface area contributed by atoms with Crippen LogP contribution in [0.1, 0.15) is 27.3 Å². The second-order valence-electron chi connectivity index (χ2n) is 5.31. The third-order valence-corrected chi connectivity index (χ3v) is 3.61. The van der Waals surface area contributed by atoms with Crippen LogP contribution < -0.4 is 11.3 Å². The lowest BCUT2D eigenvalue weighted by molar-refractivity contribution is 0.0697. The Bertz CT molecular complexity index is 957. The van der Waals surface area contributed by atoms with E-state index in [-0.39, 0.29) is 17.1 Å². The fourth-order valence-corrected chi connectivity index (χ4v) is 2.65. The Morgan fingerprint density at radius 3 is 2.78 bits per heavy atom. The lowest BCUT2D eigenvalue weighted by Gasteiger charge is -2.03. The summed E-state index contributed by atoms with van der Waals surface area (Å²) in [5.74, 6) is -0.893. The van der Waals surface area contributed by atoms with E-state index in [0.717, 1.165) is 16.6 Å². The maximum Gasteiger partial charge on any atom is 0.335 e. The Balaban J connectivity index is 1.92. The van der Waals surface area contributed by atoms with E-state index in [1.165, 1.54) is 6.07 Å². The Kier molecular flexibility index (Phi) is 3.57. The molecule has 8 nitrogen and oxygen atoms in total. The van der Waals surface area contributed by atoms with Gasteiger partial charge in [0.2, 0.25) is 5.95 Å². The number of hydrogen-bond donors (Lipinski definition) is 4. The number of hydrogen-bond acceptors (Lipinski definition) is 5. The standard InChI is InChI=1S/C15H15N5O3/c1-7-4-8(14(22)23)5-11-13(7)10(19-20-11)3-2-9-6-12(21)18-15(16)17-9/h4-6H,2-3H2,1H3,(H,19,20)(H,22,23)(H3,16,17,18,21). The molecule has 0 aliphatic heterocycles. The Morgan fingerprint density at radius 1 is 1.30 bits per heavy atom. The Hall–Kier alpha value is -3.16. The van der Waals surface area contributed by atoms with Crippen molar-refractivity contribution >= 4 is 22.8 Å². The molecule has 118 valence electrons. The fourth-order valence-electron chi connectivity index (χ4n) is 2.65. The summed E-state index contributed by atoms with van der Waals surface area (Å²) in [4.78, 5) is 29.0. The molecule has 0 saturated carbocycles. The molecule has 2 aromatic heterocycles. The molecule has 0 atom stereocenters. The molecule has 1 aromatic carbocycles. The highest BCUT2D eigenvalue weighted by Gasteiger charge is 2.13. The summed E-state index contributed by atoms with van der Waals surface area (Å²) < 4.78 is 0. The highest BCUT2D eigenvalue weighted by Crippen LogP contribution is 2.23. The zero-order valence-corrected chi connectivity index (χ0v) is 12.4. The first kappa shape index (κ1) is 14.8. The topological polar surface area (TPSA) is 138 Å². The zero-order valence-electron chi connectivity index (χ0n) is 12.4. The molecule has 5 N–H and O–H groups in total. The number of nitrogens with two attached hydrogens (primary N) is 1. The average Bonchev–Trinajstić information content (AvgIpc) is 2.87. The van der Waals surface area contributed by atoms with Crippen LogP contribution in [-0.4, -0.2) is 31.2 Å². The minimum Gasteiger partial charge on any atom is -0.478 e. The van der Waals surface area contributed by atoms with E-state index >= 15 is 0 Å². The van der Waals surface area contributed by atoms with E-state index in [9.17, 15) is 9.59 Å². The number of benzene rings is 1. The minimum absolute atomic E-state index is 0.0849. The van der Waals surface area contributed by atoms with Crippen molar-refractivity contribution in [1.82, 2.24) is 20.2 Å². The highest BCUT2D eigenvalue weighted by molar-refractivity contribution is 5.95. The number of aromatic amines is 2. The van der Waals surface area contributed by atoms with Crippen molar-refractivity contribution in [1.29, 1.82) is 0 Å². The number of carboxylic acid groups (broad SMARTS) is 1. The molecule has 0 saturated heterocycles. The first-order valence-corrected chi connectivity index (χ1v) is 7.00. The molecular weight excluding hydrogens is 298 g/mol. The molecule has 8 heteroatoms. The van der Waals surface area contributed by atoms with Crippen LogP contribution in [-0.2, 0) is 12.8 Å². The number of H-pyrrole nitrogens is 2. The largest absolute Gasteiger partial charge is 0.478 e. The third-order valence-electron chi connectivity index (χ3n) is 3.61. The highest BCUT2D eigenvalue weighted by atomic mass is 16.4. The monoisotopic (exact) mass is 313 g/mol.